The highest BCUT2D eigenvalue weighted by molar-refractivity contribution is 7.90. The molecule has 0 aliphatic heterocycles. The van der Waals surface area contributed by atoms with Crippen LogP contribution in [0.5, 0.6) is 0 Å². The van der Waals surface area contributed by atoms with Crippen molar-refractivity contribution in [1.82, 2.24) is 4.90 Å². The first kappa shape index (κ1) is 16.4. The lowest BCUT2D eigenvalue weighted by molar-refractivity contribution is 0.336. The van der Waals surface area contributed by atoms with Crippen molar-refractivity contribution in [2.75, 3.05) is 26.4 Å². The first-order valence-corrected chi connectivity index (χ1v) is 7.00. The Kier molecular flexibility index (Phi) is 6.70. The molecule has 0 atom stereocenters. The van der Waals surface area contributed by atoms with E-state index < -0.39 is 9.84 Å². The Morgan fingerprint density at radius 2 is 1.76 bits per heavy atom. The number of rotatable bonds is 5. The Morgan fingerprint density at radius 1 is 1.24 bits per heavy atom. The van der Waals surface area contributed by atoms with E-state index in [1.165, 1.54) is 6.26 Å². The molecule has 0 heterocycles. The lowest BCUT2D eigenvalue weighted by Crippen LogP contribution is -2.24. The molecule has 0 fully saturated rings. The van der Waals surface area contributed by atoms with Gasteiger partial charge in [-0.05, 0) is 24.7 Å². The zero-order valence-corrected chi connectivity index (χ0v) is 11.7. The highest BCUT2D eigenvalue weighted by Crippen LogP contribution is 2.11. The molecule has 0 aliphatic carbocycles. The third-order valence-corrected chi connectivity index (χ3v) is 3.44. The van der Waals surface area contributed by atoms with Gasteiger partial charge in [0, 0.05) is 25.9 Å². The van der Waals surface area contributed by atoms with Crippen LogP contribution in [-0.4, -0.2) is 39.7 Å². The molecule has 6 heteroatoms. The number of nitrogens with two attached hydrogens (primary N) is 1. The predicted molar refractivity (Wildman–Crippen MR) is 72.2 cm³/mol. The molecule has 4 nitrogen and oxygen atoms in total. The zero-order chi connectivity index (χ0) is 12.2. The second-order valence-corrected chi connectivity index (χ2v) is 5.96. The van der Waals surface area contributed by atoms with Crippen LogP contribution < -0.4 is 5.73 Å². The van der Waals surface area contributed by atoms with E-state index in [1.807, 2.05) is 19.2 Å². The van der Waals surface area contributed by atoms with Crippen molar-refractivity contribution in [1.29, 1.82) is 0 Å². The minimum atomic E-state index is -3.09. The average Bonchev–Trinajstić information content (AvgIpc) is 2.17. The van der Waals surface area contributed by atoms with Crippen LogP contribution in [0.3, 0.4) is 0 Å². The SMILES string of the molecule is CN(CCN)Cc1ccc(S(C)(=O)=O)cc1.Cl. The quantitative estimate of drug-likeness (QED) is 0.869. The van der Waals surface area contributed by atoms with E-state index in [2.05, 4.69) is 4.90 Å². The van der Waals surface area contributed by atoms with Crippen molar-refractivity contribution in [3.8, 4) is 0 Å². The monoisotopic (exact) mass is 278 g/mol. The van der Waals surface area contributed by atoms with E-state index in [9.17, 15) is 8.42 Å². The van der Waals surface area contributed by atoms with Gasteiger partial charge in [0.05, 0.1) is 4.90 Å². The molecule has 0 unspecified atom stereocenters. The van der Waals surface area contributed by atoms with Gasteiger partial charge < -0.3 is 10.6 Å². The van der Waals surface area contributed by atoms with Crippen LogP contribution in [0.2, 0.25) is 0 Å². The highest BCUT2D eigenvalue weighted by Gasteiger charge is 2.06. The summed E-state index contributed by atoms with van der Waals surface area (Å²) in [7, 11) is -1.11. The van der Waals surface area contributed by atoms with Crippen molar-refractivity contribution in [2.45, 2.75) is 11.4 Å². The summed E-state index contributed by atoms with van der Waals surface area (Å²) in [6, 6.07) is 6.95. The molecule has 0 saturated carbocycles. The molecule has 0 radical (unpaired) electrons. The summed E-state index contributed by atoms with van der Waals surface area (Å²) in [6.45, 7) is 2.23. The second kappa shape index (κ2) is 6.96. The fourth-order valence-electron chi connectivity index (χ4n) is 1.45. The number of sulfone groups is 1. The Hall–Kier alpha value is -0.620. The number of hydrogen-bond acceptors (Lipinski definition) is 4. The third kappa shape index (κ3) is 5.50. The largest absolute Gasteiger partial charge is 0.329 e. The molecule has 0 aliphatic rings. The molecule has 0 spiro atoms. The summed E-state index contributed by atoms with van der Waals surface area (Å²) in [5, 5.41) is 0. The molecule has 1 aromatic rings. The number of halogens is 1. The molecular weight excluding hydrogens is 260 g/mol. The summed E-state index contributed by atoms with van der Waals surface area (Å²) in [6.07, 6.45) is 1.21. The van der Waals surface area contributed by atoms with Gasteiger partial charge in [0.15, 0.2) is 9.84 Å². The van der Waals surface area contributed by atoms with Gasteiger partial charge in [0.2, 0.25) is 0 Å². The van der Waals surface area contributed by atoms with Gasteiger partial charge in [-0.2, -0.15) is 0 Å². The predicted octanol–water partition coefficient (Wildman–Crippen LogP) is 0.902. The fourth-order valence-corrected chi connectivity index (χ4v) is 2.08. The molecule has 0 amide bonds. The Morgan fingerprint density at radius 3 is 2.18 bits per heavy atom. The second-order valence-electron chi connectivity index (χ2n) is 3.94. The molecule has 1 aromatic carbocycles. The standard InChI is InChI=1S/C11H18N2O2S.ClH/c1-13(8-7-12)9-10-3-5-11(6-4-10)16(2,14)15;/h3-6H,7-9,12H2,1-2H3;1H. The van der Waals surface area contributed by atoms with Crippen molar-refractivity contribution < 1.29 is 8.42 Å². The van der Waals surface area contributed by atoms with Crippen LogP contribution in [0.4, 0.5) is 0 Å². The zero-order valence-electron chi connectivity index (χ0n) is 10.1. The van der Waals surface area contributed by atoms with Crippen LogP contribution in [0, 0.1) is 0 Å². The summed E-state index contributed by atoms with van der Waals surface area (Å²) < 4.78 is 22.5. The number of nitrogens with zero attached hydrogens (tertiary/aromatic N) is 1. The summed E-state index contributed by atoms with van der Waals surface area (Å²) in [5.74, 6) is 0. The topological polar surface area (TPSA) is 63.4 Å². The van der Waals surface area contributed by atoms with Gasteiger partial charge in [-0.15, -0.1) is 12.4 Å². The Labute approximate surface area is 109 Å². The number of likely N-dealkylation sites (N-methyl/N-ethyl adjacent to an activating group) is 1. The molecule has 0 saturated heterocycles. The first-order valence-electron chi connectivity index (χ1n) is 5.11. The number of hydrogen-bond donors (Lipinski definition) is 1. The Balaban J connectivity index is 0.00000256. The van der Waals surface area contributed by atoms with Crippen LogP contribution in [0.1, 0.15) is 5.56 Å². The van der Waals surface area contributed by atoms with E-state index >= 15 is 0 Å². The van der Waals surface area contributed by atoms with Crippen LogP contribution in [0.15, 0.2) is 29.2 Å². The molecule has 0 aromatic heterocycles. The molecule has 0 bridgehead atoms. The lowest BCUT2D eigenvalue weighted by Gasteiger charge is -2.15. The van der Waals surface area contributed by atoms with Gasteiger partial charge in [0.1, 0.15) is 0 Å². The van der Waals surface area contributed by atoms with Gasteiger partial charge in [-0.25, -0.2) is 8.42 Å². The minimum absolute atomic E-state index is 0. The molecule has 98 valence electrons. The fraction of sp³-hybridized carbons (Fsp3) is 0.455. The van der Waals surface area contributed by atoms with Crippen molar-refractivity contribution in [2.24, 2.45) is 5.73 Å². The average molecular weight is 279 g/mol. The van der Waals surface area contributed by atoms with Gasteiger partial charge in [-0.3, -0.25) is 0 Å². The Bertz CT molecular complexity index is 431. The third-order valence-electron chi connectivity index (χ3n) is 2.31. The van der Waals surface area contributed by atoms with Crippen molar-refractivity contribution in [3.63, 3.8) is 0 Å². The van der Waals surface area contributed by atoms with E-state index in [1.54, 1.807) is 12.1 Å². The minimum Gasteiger partial charge on any atom is -0.329 e. The smallest absolute Gasteiger partial charge is 0.175 e. The highest BCUT2D eigenvalue weighted by atomic mass is 35.5. The van der Waals surface area contributed by atoms with Gasteiger partial charge in [-0.1, -0.05) is 12.1 Å². The van der Waals surface area contributed by atoms with E-state index in [4.69, 9.17) is 5.73 Å². The maximum absolute atomic E-state index is 11.2. The lowest BCUT2D eigenvalue weighted by atomic mass is 10.2. The molecular formula is C11H19ClN2O2S. The summed E-state index contributed by atoms with van der Waals surface area (Å²) >= 11 is 0. The normalized spacial score (nSPS) is 11.3. The van der Waals surface area contributed by atoms with Gasteiger partial charge in [0.25, 0.3) is 0 Å². The first-order chi connectivity index (χ1) is 7.43. The molecule has 2 N–H and O–H groups in total. The maximum Gasteiger partial charge on any atom is 0.175 e. The molecule has 17 heavy (non-hydrogen) atoms. The van der Waals surface area contributed by atoms with Gasteiger partial charge >= 0.3 is 0 Å². The van der Waals surface area contributed by atoms with Crippen molar-refractivity contribution >= 4 is 22.2 Å². The van der Waals surface area contributed by atoms with E-state index in [0.717, 1.165) is 18.7 Å². The molecule has 1 rings (SSSR count). The van der Waals surface area contributed by atoms with Crippen LogP contribution >= 0.6 is 12.4 Å². The van der Waals surface area contributed by atoms with E-state index in [0.29, 0.717) is 11.4 Å². The summed E-state index contributed by atoms with van der Waals surface area (Å²) in [5.41, 5.74) is 6.53. The van der Waals surface area contributed by atoms with Crippen molar-refractivity contribution in [3.05, 3.63) is 29.8 Å². The maximum atomic E-state index is 11.2. The van der Waals surface area contributed by atoms with E-state index in [-0.39, 0.29) is 12.4 Å². The summed E-state index contributed by atoms with van der Waals surface area (Å²) in [4.78, 5) is 2.45. The van der Waals surface area contributed by atoms with Crippen LogP contribution in [0.25, 0.3) is 0 Å². The number of benzene rings is 1. The van der Waals surface area contributed by atoms with Crippen LogP contribution in [-0.2, 0) is 16.4 Å².